The third kappa shape index (κ3) is 5.74. The fraction of sp³-hybridized carbons (Fsp3) is 0.267. The normalized spacial score (nSPS) is 10.5. The second-order valence-corrected chi connectivity index (χ2v) is 6.65. The number of thiophene rings is 1. The van der Waals surface area contributed by atoms with Crippen molar-refractivity contribution in [3.05, 3.63) is 61.4 Å². The van der Waals surface area contributed by atoms with Crippen LogP contribution in [0.1, 0.15) is 22.3 Å². The minimum atomic E-state index is -0.383. The van der Waals surface area contributed by atoms with Crippen LogP contribution in [0.15, 0.2) is 40.2 Å². The molecule has 0 saturated heterocycles. The molecule has 0 bridgehead atoms. The molecule has 1 aromatic heterocycles. The Morgan fingerprint density at radius 3 is 2.83 bits per heavy atom. The molecule has 122 valence electrons. The van der Waals surface area contributed by atoms with Crippen molar-refractivity contribution in [1.29, 1.82) is 0 Å². The van der Waals surface area contributed by atoms with E-state index in [9.17, 15) is 14.9 Å². The summed E-state index contributed by atoms with van der Waals surface area (Å²) in [6.07, 6.45) is 0.784. The summed E-state index contributed by atoms with van der Waals surface area (Å²) >= 11 is 4.46. The van der Waals surface area contributed by atoms with Crippen molar-refractivity contribution < 1.29 is 9.72 Å². The van der Waals surface area contributed by atoms with Crippen molar-refractivity contribution in [1.82, 2.24) is 10.6 Å². The molecule has 8 heteroatoms. The second kappa shape index (κ2) is 8.76. The predicted molar refractivity (Wildman–Crippen MR) is 93.8 cm³/mol. The van der Waals surface area contributed by atoms with Crippen LogP contribution in [0.3, 0.4) is 0 Å². The van der Waals surface area contributed by atoms with Crippen molar-refractivity contribution in [3.63, 3.8) is 0 Å². The predicted octanol–water partition coefficient (Wildman–Crippen LogP) is 3.33. The van der Waals surface area contributed by atoms with E-state index in [4.69, 9.17) is 0 Å². The zero-order valence-corrected chi connectivity index (χ0v) is 14.7. The fourth-order valence-electron chi connectivity index (χ4n) is 1.93. The van der Waals surface area contributed by atoms with E-state index in [1.807, 2.05) is 12.1 Å². The number of nitrogens with zero attached hydrogens (tertiary/aromatic N) is 1. The molecule has 0 aliphatic heterocycles. The van der Waals surface area contributed by atoms with E-state index in [1.54, 1.807) is 23.6 Å². The van der Waals surface area contributed by atoms with Crippen LogP contribution >= 0.6 is 27.3 Å². The minimum Gasteiger partial charge on any atom is -0.352 e. The van der Waals surface area contributed by atoms with Gasteiger partial charge in [-0.1, -0.05) is 33.3 Å². The van der Waals surface area contributed by atoms with Gasteiger partial charge in [-0.25, -0.2) is 0 Å². The Hall–Kier alpha value is -1.77. The SMILES string of the molecule is O=C(NCCCNCc1csc([N+](=O)[O-])c1)c1cccc(Br)c1. The van der Waals surface area contributed by atoms with Gasteiger partial charge >= 0.3 is 5.00 Å². The van der Waals surface area contributed by atoms with Crippen LogP contribution in [0, 0.1) is 10.1 Å². The number of carbonyl (C=O) groups excluding carboxylic acids is 1. The van der Waals surface area contributed by atoms with E-state index in [0.29, 0.717) is 18.7 Å². The number of halogens is 1. The van der Waals surface area contributed by atoms with E-state index in [1.165, 1.54) is 0 Å². The minimum absolute atomic E-state index is 0.0974. The molecular formula is C15H16BrN3O3S. The van der Waals surface area contributed by atoms with Gasteiger partial charge in [-0.2, -0.15) is 0 Å². The molecule has 0 aliphatic rings. The standard InChI is InChI=1S/C15H16BrN3O3S/c16-13-4-1-3-12(8-13)15(20)18-6-2-5-17-9-11-7-14(19(21)22)23-10-11/h1,3-4,7-8,10,17H,2,5-6,9H2,(H,18,20). The first-order valence-corrected chi connectivity index (χ1v) is 8.70. The summed E-state index contributed by atoms with van der Waals surface area (Å²) in [5.74, 6) is -0.0974. The average molecular weight is 398 g/mol. The Bertz CT molecular complexity index is 690. The van der Waals surface area contributed by atoms with E-state index >= 15 is 0 Å². The Morgan fingerprint density at radius 2 is 2.13 bits per heavy atom. The maximum atomic E-state index is 11.9. The number of hydrogen-bond donors (Lipinski definition) is 2. The molecule has 1 heterocycles. The first-order chi connectivity index (χ1) is 11.1. The monoisotopic (exact) mass is 397 g/mol. The highest BCUT2D eigenvalue weighted by Gasteiger charge is 2.09. The zero-order valence-electron chi connectivity index (χ0n) is 12.3. The molecule has 1 amide bonds. The van der Waals surface area contributed by atoms with Crippen molar-refractivity contribution in [2.24, 2.45) is 0 Å². The number of carbonyl (C=O) groups is 1. The van der Waals surface area contributed by atoms with Gasteiger partial charge in [0.2, 0.25) is 0 Å². The number of hydrogen-bond acceptors (Lipinski definition) is 5. The van der Waals surface area contributed by atoms with Gasteiger partial charge in [-0.05, 0) is 36.7 Å². The van der Waals surface area contributed by atoms with Crippen LogP contribution in [-0.4, -0.2) is 23.9 Å². The lowest BCUT2D eigenvalue weighted by Crippen LogP contribution is -2.27. The van der Waals surface area contributed by atoms with Gasteiger partial charge in [-0.3, -0.25) is 14.9 Å². The lowest BCUT2D eigenvalue weighted by Gasteiger charge is -2.06. The summed E-state index contributed by atoms with van der Waals surface area (Å²) in [5.41, 5.74) is 1.53. The van der Waals surface area contributed by atoms with Crippen molar-refractivity contribution in [3.8, 4) is 0 Å². The van der Waals surface area contributed by atoms with Gasteiger partial charge in [0.1, 0.15) is 0 Å². The van der Waals surface area contributed by atoms with Crippen LogP contribution in [0.5, 0.6) is 0 Å². The highest BCUT2D eigenvalue weighted by Crippen LogP contribution is 2.22. The quantitative estimate of drug-likeness (QED) is 0.406. The molecule has 6 nitrogen and oxygen atoms in total. The molecule has 0 saturated carbocycles. The molecular weight excluding hydrogens is 382 g/mol. The summed E-state index contributed by atoms with van der Waals surface area (Å²) in [7, 11) is 0. The van der Waals surface area contributed by atoms with Crippen molar-refractivity contribution in [2.45, 2.75) is 13.0 Å². The second-order valence-electron chi connectivity index (χ2n) is 4.85. The Balaban J connectivity index is 1.62. The molecule has 2 N–H and O–H groups in total. The topological polar surface area (TPSA) is 84.3 Å². The van der Waals surface area contributed by atoms with E-state index < -0.39 is 0 Å². The van der Waals surface area contributed by atoms with Gasteiger partial charge in [0.25, 0.3) is 5.91 Å². The van der Waals surface area contributed by atoms with Crippen LogP contribution in [0.2, 0.25) is 0 Å². The summed E-state index contributed by atoms with van der Waals surface area (Å²) in [5, 5.41) is 18.6. The summed E-state index contributed by atoms with van der Waals surface area (Å²) in [6, 6.07) is 8.81. The van der Waals surface area contributed by atoms with E-state index in [0.717, 1.165) is 34.3 Å². The molecule has 0 spiro atoms. The van der Waals surface area contributed by atoms with Gasteiger partial charge in [0.05, 0.1) is 4.92 Å². The van der Waals surface area contributed by atoms with Crippen LogP contribution in [0.4, 0.5) is 5.00 Å². The largest absolute Gasteiger partial charge is 0.352 e. The summed E-state index contributed by atoms with van der Waals surface area (Å²) in [6.45, 7) is 1.88. The third-order valence-corrected chi connectivity index (χ3v) is 4.47. The van der Waals surface area contributed by atoms with Crippen molar-refractivity contribution >= 4 is 38.2 Å². The van der Waals surface area contributed by atoms with Gasteiger partial charge < -0.3 is 10.6 Å². The third-order valence-electron chi connectivity index (χ3n) is 3.05. The molecule has 0 fully saturated rings. The van der Waals surface area contributed by atoms with Crippen molar-refractivity contribution in [2.75, 3.05) is 13.1 Å². The van der Waals surface area contributed by atoms with E-state index in [2.05, 4.69) is 26.6 Å². The van der Waals surface area contributed by atoms with Gasteiger partial charge in [-0.15, -0.1) is 0 Å². The molecule has 0 radical (unpaired) electrons. The van der Waals surface area contributed by atoms with Gasteiger partial charge in [0, 0.05) is 34.6 Å². The van der Waals surface area contributed by atoms with Crippen LogP contribution in [0.25, 0.3) is 0 Å². The van der Waals surface area contributed by atoms with E-state index in [-0.39, 0.29) is 15.8 Å². The average Bonchev–Trinajstić information content (AvgIpc) is 2.99. The summed E-state index contributed by atoms with van der Waals surface area (Å²) < 4.78 is 0.872. The lowest BCUT2D eigenvalue weighted by molar-refractivity contribution is -0.380. The number of amides is 1. The fourth-order valence-corrected chi connectivity index (χ4v) is 3.06. The first-order valence-electron chi connectivity index (χ1n) is 7.02. The molecule has 23 heavy (non-hydrogen) atoms. The first kappa shape index (κ1) is 17.6. The molecule has 0 aliphatic carbocycles. The molecule has 1 aromatic carbocycles. The maximum absolute atomic E-state index is 11.9. The molecule has 0 unspecified atom stereocenters. The number of nitro groups is 1. The maximum Gasteiger partial charge on any atom is 0.324 e. The number of benzene rings is 1. The lowest BCUT2D eigenvalue weighted by atomic mass is 10.2. The van der Waals surface area contributed by atoms with Crippen LogP contribution in [-0.2, 0) is 6.54 Å². The molecule has 2 rings (SSSR count). The zero-order chi connectivity index (χ0) is 16.7. The summed E-state index contributed by atoms with van der Waals surface area (Å²) in [4.78, 5) is 22.1. The Morgan fingerprint density at radius 1 is 1.30 bits per heavy atom. The Labute approximate surface area is 146 Å². The highest BCUT2D eigenvalue weighted by molar-refractivity contribution is 9.10. The smallest absolute Gasteiger partial charge is 0.324 e. The van der Waals surface area contributed by atoms with Crippen LogP contribution < -0.4 is 10.6 Å². The van der Waals surface area contributed by atoms with Gasteiger partial charge in [0.15, 0.2) is 0 Å². The molecule has 0 atom stereocenters. The Kier molecular flexibility index (Phi) is 6.69. The number of nitrogens with one attached hydrogen (secondary N) is 2. The molecule has 2 aromatic rings. The number of rotatable bonds is 8. The highest BCUT2D eigenvalue weighted by atomic mass is 79.9.